The van der Waals surface area contributed by atoms with E-state index >= 15 is 0 Å². The van der Waals surface area contributed by atoms with E-state index < -0.39 is 6.10 Å². The lowest BCUT2D eigenvalue weighted by molar-refractivity contribution is -0.123. The molecule has 4 rings (SSSR count). The standard InChI is InChI=1S/C21H21N7O3/c1-13-6-7-17(23-11-13)25-20(29)16(8-10-30-2)31-21-14-12-24-28-18(14)26-19(27-21)15-5-3-4-9-22-15/h3-7,9,11-12,16H,8,10H2,1-2H3,(H,23,25,29)(H,24,26,27,28)/t16-/m1/s1. The van der Waals surface area contributed by atoms with Crippen LogP contribution >= 0.6 is 0 Å². The zero-order chi connectivity index (χ0) is 21.6. The van der Waals surface area contributed by atoms with Crippen molar-refractivity contribution in [2.45, 2.75) is 19.4 Å². The molecule has 0 unspecified atom stereocenters. The number of fused-ring (bicyclic) bond motifs is 1. The average Bonchev–Trinajstić information content (AvgIpc) is 3.27. The molecule has 0 spiro atoms. The second-order valence-electron chi connectivity index (χ2n) is 6.80. The minimum Gasteiger partial charge on any atom is -0.464 e. The predicted octanol–water partition coefficient (Wildman–Crippen LogP) is 2.54. The highest BCUT2D eigenvalue weighted by Gasteiger charge is 2.24. The molecule has 0 aliphatic carbocycles. The fourth-order valence-electron chi connectivity index (χ4n) is 2.86. The Morgan fingerprint density at radius 3 is 2.81 bits per heavy atom. The van der Waals surface area contributed by atoms with Crippen molar-refractivity contribution in [2.24, 2.45) is 0 Å². The van der Waals surface area contributed by atoms with E-state index in [0.29, 0.717) is 41.4 Å². The number of aryl methyl sites for hydroxylation is 1. The van der Waals surface area contributed by atoms with Gasteiger partial charge in [-0.2, -0.15) is 10.1 Å². The van der Waals surface area contributed by atoms with E-state index in [9.17, 15) is 4.79 Å². The number of aromatic amines is 1. The summed E-state index contributed by atoms with van der Waals surface area (Å²) < 4.78 is 11.2. The summed E-state index contributed by atoms with van der Waals surface area (Å²) in [5.74, 6) is 0.668. The van der Waals surface area contributed by atoms with E-state index in [2.05, 4.69) is 35.5 Å². The molecule has 1 atom stereocenters. The molecule has 0 saturated heterocycles. The molecule has 2 N–H and O–H groups in total. The minimum atomic E-state index is -0.868. The molecule has 4 aromatic rings. The Morgan fingerprint density at radius 2 is 2.06 bits per heavy atom. The Morgan fingerprint density at radius 1 is 1.16 bits per heavy atom. The molecule has 158 valence electrons. The van der Waals surface area contributed by atoms with Gasteiger partial charge in [0.05, 0.1) is 12.8 Å². The predicted molar refractivity (Wildman–Crippen MR) is 113 cm³/mol. The Labute approximate surface area is 178 Å². The van der Waals surface area contributed by atoms with Crippen LogP contribution in [-0.2, 0) is 9.53 Å². The summed E-state index contributed by atoms with van der Waals surface area (Å²) in [6.45, 7) is 2.25. The van der Waals surface area contributed by atoms with Gasteiger partial charge in [-0.1, -0.05) is 12.1 Å². The van der Waals surface area contributed by atoms with E-state index in [1.165, 1.54) is 0 Å². The van der Waals surface area contributed by atoms with Gasteiger partial charge in [0, 0.05) is 25.9 Å². The summed E-state index contributed by atoms with van der Waals surface area (Å²) in [6.07, 6.45) is 4.34. The number of ether oxygens (including phenoxy) is 2. The molecule has 4 heterocycles. The third kappa shape index (κ3) is 4.81. The summed E-state index contributed by atoms with van der Waals surface area (Å²) in [4.78, 5) is 30.4. The quantitative estimate of drug-likeness (QED) is 0.446. The fourth-order valence-corrected chi connectivity index (χ4v) is 2.86. The molecule has 4 aromatic heterocycles. The van der Waals surface area contributed by atoms with E-state index in [1.807, 2.05) is 19.1 Å². The number of nitrogens with one attached hydrogen (secondary N) is 2. The molecule has 0 radical (unpaired) electrons. The van der Waals surface area contributed by atoms with Crippen LogP contribution in [0.25, 0.3) is 22.6 Å². The van der Waals surface area contributed by atoms with Crippen molar-refractivity contribution in [1.82, 2.24) is 30.1 Å². The Hall–Kier alpha value is -3.92. The van der Waals surface area contributed by atoms with Crippen molar-refractivity contribution >= 4 is 22.8 Å². The maximum Gasteiger partial charge on any atom is 0.266 e. The lowest BCUT2D eigenvalue weighted by Crippen LogP contribution is -2.34. The molecule has 0 saturated carbocycles. The SMILES string of the molecule is COCC[C@@H](Oc1nc(-c2ccccn2)nc2[nH]ncc12)C(=O)Nc1ccc(C)cn1. The molecule has 0 aliphatic rings. The Bertz CT molecular complexity index is 1160. The molecular formula is C21H21N7O3. The van der Waals surface area contributed by atoms with Crippen LogP contribution < -0.4 is 10.1 Å². The molecule has 10 nitrogen and oxygen atoms in total. The van der Waals surface area contributed by atoms with Crippen molar-refractivity contribution in [3.8, 4) is 17.4 Å². The van der Waals surface area contributed by atoms with Crippen LogP contribution in [0.3, 0.4) is 0 Å². The van der Waals surface area contributed by atoms with Crippen LogP contribution in [-0.4, -0.2) is 55.9 Å². The molecule has 0 bridgehead atoms. The first-order valence-electron chi connectivity index (χ1n) is 9.65. The van der Waals surface area contributed by atoms with Gasteiger partial charge in [0.15, 0.2) is 17.6 Å². The van der Waals surface area contributed by atoms with Crippen LogP contribution in [0.4, 0.5) is 5.82 Å². The number of nitrogens with zero attached hydrogens (tertiary/aromatic N) is 5. The van der Waals surface area contributed by atoms with Crippen molar-refractivity contribution < 1.29 is 14.3 Å². The first-order valence-corrected chi connectivity index (χ1v) is 9.65. The molecule has 1 amide bonds. The maximum absolute atomic E-state index is 12.9. The van der Waals surface area contributed by atoms with Crippen molar-refractivity contribution in [1.29, 1.82) is 0 Å². The normalized spacial score (nSPS) is 11.9. The van der Waals surface area contributed by atoms with Crippen LogP contribution in [0.5, 0.6) is 5.88 Å². The number of anilines is 1. The number of aromatic nitrogens is 6. The largest absolute Gasteiger partial charge is 0.464 e. The van der Waals surface area contributed by atoms with E-state index in [0.717, 1.165) is 5.56 Å². The highest BCUT2D eigenvalue weighted by molar-refractivity contribution is 5.94. The second-order valence-corrected chi connectivity index (χ2v) is 6.80. The molecule has 0 aromatic carbocycles. The first kappa shape index (κ1) is 20.4. The Kier molecular flexibility index (Phi) is 6.08. The number of amides is 1. The van der Waals surface area contributed by atoms with Crippen molar-refractivity contribution in [3.05, 3.63) is 54.5 Å². The van der Waals surface area contributed by atoms with Gasteiger partial charge in [-0.15, -0.1) is 0 Å². The van der Waals surface area contributed by atoms with Gasteiger partial charge in [-0.3, -0.25) is 14.9 Å². The molecule has 0 aliphatic heterocycles. The second kappa shape index (κ2) is 9.26. The zero-order valence-electron chi connectivity index (χ0n) is 17.1. The van der Waals surface area contributed by atoms with Crippen LogP contribution in [0.1, 0.15) is 12.0 Å². The van der Waals surface area contributed by atoms with E-state index in [-0.39, 0.29) is 11.8 Å². The van der Waals surface area contributed by atoms with Gasteiger partial charge < -0.3 is 14.8 Å². The highest BCUT2D eigenvalue weighted by Crippen LogP contribution is 2.26. The van der Waals surface area contributed by atoms with Gasteiger partial charge in [-0.25, -0.2) is 9.97 Å². The molecule has 0 fully saturated rings. The zero-order valence-corrected chi connectivity index (χ0v) is 17.1. The number of hydrogen-bond donors (Lipinski definition) is 2. The third-order valence-electron chi connectivity index (χ3n) is 4.46. The summed E-state index contributed by atoms with van der Waals surface area (Å²) in [5, 5.41) is 10.2. The van der Waals surface area contributed by atoms with Gasteiger partial charge in [0.25, 0.3) is 5.91 Å². The number of methoxy groups -OCH3 is 1. The van der Waals surface area contributed by atoms with Gasteiger partial charge in [0.2, 0.25) is 5.88 Å². The van der Waals surface area contributed by atoms with E-state index in [4.69, 9.17) is 9.47 Å². The smallest absolute Gasteiger partial charge is 0.266 e. The summed E-state index contributed by atoms with van der Waals surface area (Å²) in [5.41, 5.74) is 2.05. The topological polar surface area (TPSA) is 128 Å². The Balaban J connectivity index is 1.63. The average molecular weight is 419 g/mol. The van der Waals surface area contributed by atoms with Crippen molar-refractivity contribution in [2.75, 3.05) is 19.0 Å². The third-order valence-corrected chi connectivity index (χ3v) is 4.46. The number of H-pyrrole nitrogens is 1. The van der Waals surface area contributed by atoms with Crippen molar-refractivity contribution in [3.63, 3.8) is 0 Å². The minimum absolute atomic E-state index is 0.229. The van der Waals surface area contributed by atoms with Crippen LogP contribution in [0.15, 0.2) is 48.9 Å². The number of carbonyl (C=O) groups excluding carboxylic acids is 1. The number of rotatable bonds is 8. The summed E-state index contributed by atoms with van der Waals surface area (Å²) in [6, 6.07) is 9.04. The summed E-state index contributed by atoms with van der Waals surface area (Å²) in [7, 11) is 1.56. The van der Waals surface area contributed by atoms with Gasteiger partial charge >= 0.3 is 0 Å². The molecule has 10 heteroatoms. The lowest BCUT2D eigenvalue weighted by atomic mass is 10.2. The number of pyridine rings is 2. The summed E-state index contributed by atoms with van der Waals surface area (Å²) >= 11 is 0. The first-order chi connectivity index (χ1) is 15.1. The van der Waals surface area contributed by atoms with Gasteiger partial charge in [0.1, 0.15) is 16.9 Å². The monoisotopic (exact) mass is 419 g/mol. The highest BCUT2D eigenvalue weighted by atomic mass is 16.5. The maximum atomic E-state index is 12.9. The number of carbonyl (C=O) groups is 1. The lowest BCUT2D eigenvalue weighted by Gasteiger charge is -2.18. The van der Waals surface area contributed by atoms with E-state index in [1.54, 1.807) is 43.9 Å². The van der Waals surface area contributed by atoms with Crippen LogP contribution in [0.2, 0.25) is 0 Å². The molecular weight excluding hydrogens is 398 g/mol. The molecule has 31 heavy (non-hydrogen) atoms. The fraction of sp³-hybridized carbons (Fsp3) is 0.238. The van der Waals surface area contributed by atoms with Crippen LogP contribution in [0, 0.1) is 6.92 Å². The van der Waals surface area contributed by atoms with Gasteiger partial charge in [-0.05, 0) is 30.7 Å². The number of hydrogen-bond acceptors (Lipinski definition) is 8.